The van der Waals surface area contributed by atoms with Crippen LogP contribution in [0.15, 0.2) is 29.2 Å². The Kier molecular flexibility index (Phi) is 10.6. The molecule has 0 bridgehead atoms. The maximum absolute atomic E-state index is 9.44. The standard InChI is InChI=1S/C10H15NS.C3H6O.C2H6/c1-4-9-5-7-10(8-6-9)12(2,3)11;1-3(2)4;1-2/h5-8H,2-4,11H2,1H3;1-2H3;1-2H3. The molecular weight excluding hydrogens is 242 g/mol. The Labute approximate surface area is 113 Å². The number of Topliss-reactive ketones (excluding diaryl/α,β-unsaturated/α-hetero) is 1. The van der Waals surface area contributed by atoms with Gasteiger partial charge in [0.2, 0.25) is 0 Å². The molecule has 0 amide bonds. The Morgan fingerprint density at radius 3 is 1.72 bits per heavy atom. The van der Waals surface area contributed by atoms with Crippen molar-refractivity contribution in [2.24, 2.45) is 5.14 Å². The molecule has 0 fully saturated rings. The first kappa shape index (κ1) is 19.3. The summed E-state index contributed by atoms with van der Waals surface area (Å²) in [5, 5.41) is 5.81. The van der Waals surface area contributed by atoms with E-state index in [4.69, 9.17) is 5.14 Å². The molecule has 1 aromatic rings. The number of benzene rings is 1. The highest BCUT2D eigenvalue weighted by Gasteiger charge is 1.94. The highest BCUT2D eigenvalue weighted by molar-refractivity contribution is 8.26. The number of rotatable bonds is 2. The van der Waals surface area contributed by atoms with Crippen molar-refractivity contribution >= 4 is 26.9 Å². The van der Waals surface area contributed by atoms with Gasteiger partial charge in [0.15, 0.2) is 0 Å². The van der Waals surface area contributed by atoms with Crippen molar-refractivity contribution in [1.29, 1.82) is 0 Å². The van der Waals surface area contributed by atoms with E-state index in [1.807, 2.05) is 26.0 Å². The van der Waals surface area contributed by atoms with E-state index in [1.165, 1.54) is 19.4 Å². The predicted octanol–water partition coefficient (Wildman–Crippen LogP) is 3.77. The van der Waals surface area contributed by atoms with Crippen LogP contribution in [-0.4, -0.2) is 17.5 Å². The van der Waals surface area contributed by atoms with Gasteiger partial charge in [0.25, 0.3) is 0 Å². The van der Waals surface area contributed by atoms with Crippen LogP contribution in [0.4, 0.5) is 0 Å². The van der Waals surface area contributed by atoms with Crippen molar-refractivity contribution in [3.05, 3.63) is 29.8 Å². The van der Waals surface area contributed by atoms with Crippen molar-refractivity contribution in [2.75, 3.05) is 0 Å². The van der Waals surface area contributed by atoms with E-state index < -0.39 is 9.39 Å². The predicted molar refractivity (Wildman–Crippen MR) is 87.8 cm³/mol. The lowest BCUT2D eigenvalue weighted by Gasteiger charge is -2.08. The Morgan fingerprint density at radius 1 is 1.17 bits per heavy atom. The molecule has 0 saturated carbocycles. The van der Waals surface area contributed by atoms with E-state index >= 15 is 0 Å². The van der Waals surface area contributed by atoms with Gasteiger partial charge in [0.1, 0.15) is 5.78 Å². The van der Waals surface area contributed by atoms with E-state index in [0.29, 0.717) is 0 Å². The summed E-state index contributed by atoms with van der Waals surface area (Å²) in [6.07, 6.45) is 1.06. The van der Waals surface area contributed by atoms with Crippen molar-refractivity contribution in [2.45, 2.75) is 45.9 Å². The summed E-state index contributed by atoms with van der Waals surface area (Å²) in [4.78, 5) is 10.5. The highest BCUT2D eigenvalue weighted by atomic mass is 32.2. The number of carbonyl (C=O) groups is 1. The summed E-state index contributed by atoms with van der Waals surface area (Å²) in [5.74, 6) is 7.86. The Hall–Kier alpha value is -1.06. The number of hydrogen-bond acceptors (Lipinski definition) is 2. The molecule has 0 heterocycles. The molecule has 0 saturated heterocycles. The number of aryl methyl sites for hydroxylation is 1. The average molecular weight is 269 g/mol. The molecular formula is C15H27NOS. The maximum atomic E-state index is 9.44. The van der Waals surface area contributed by atoms with Crippen LogP contribution in [0.2, 0.25) is 0 Å². The number of nitrogens with two attached hydrogens (primary N) is 1. The number of ketones is 1. The molecule has 1 rings (SSSR count). The normalized spacial score (nSPS) is 9.44. The zero-order chi connectivity index (χ0) is 14.8. The second-order valence-electron chi connectivity index (χ2n) is 3.85. The second-order valence-corrected chi connectivity index (χ2v) is 6.21. The van der Waals surface area contributed by atoms with E-state index in [9.17, 15) is 4.79 Å². The van der Waals surface area contributed by atoms with Gasteiger partial charge in [-0.2, -0.15) is 0 Å². The summed E-state index contributed by atoms with van der Waals surface area (Å²) >= 11 is 0. The third kappa shape index (κ3) is 10.1. The summed E-state index contributed by atoms with van der Waals surface area (Å²) < 4.78 is 0. The molecule has 0 aliphatic heterocycles. The summed E-state index contributed by atoms with van der Waals surface area (Å²) in [7, 11) is -1.53. The van der Waals surface area contributed by atoms with Gasteiger partial charge >= 0.3 is 0 Å². The maximum Gasteiger partial charge on any atom is 0.126 e. The number of carbonyl (C=O) groups excluding carboxylic acids is 1. The van der Waals surface area contributed by atoms with Crippen molar-refractivity contribution < 1.29 is 4.79 Å². The molecule has 104 valence electrons. The molecule has 0 aromatic heterocycles. The number of hydrogen-bond donors (Lipinski definition) is 1. The monoisotopic (exact) mass is 269 g/mol. The quantitative estimate of drug-likeness (QED) is 0.830. The third-order valence-electron chi connectivity index (χ3n) is 1.80. The van der Waals surface area contributed by atoms with Crippen molar-refractivity contribution in [1.82, 2.24) is 0 Å². The minimum atomic E-state index is -1.53. The Balaban J connectivity index is 0. The lowest BCUT2D eigenvalue weighted by atomic mass is 10.2. The van der Waals surface area contributed by atoms with Crippen LogP contribution >= 0.6 is 9.39 Å². The van der Waals surface area contributed by atoms with Crippen LogP contribution in [0.3, 0.4) is 0 Å². The molecule has 0 aliphatic carbocycles. The second kappa shape index (κ2) is 9.92. The molecule has 0 atom stereocenters. The third-order valence-corrected chi connectivity index (χ3v) is 3.01. The van der Waals surface area contributed by atoms with Crippen molar-refractivity contribution in [3.63, 3.8) is 0 Å². The molecule has 1 aromatic carbocycles. The molecule has 0 unspecified atom stereocenters. The van der Waals surface area contributed by atoms with E-state index in [2.05, 4.69) is 30.8 Å². The van der Waals surface area contributed by atoms with Crippen molar-refractivity contribution in [3.8, 4) is 0 Å². The van der Waals surface area contributed by atoms with E-state index in [-0.39, 0.29) is 5.78 Å². The minimum Gasteiger partial charge on any atom is -0.300 e. The average Bonchev–Trinajstić information content (AvgIpc) is 2.30. The molecule has 0 spiro atoms. The van der Waals surface area contributed by atoms with Crippen LogP contribution in [0.5, 0.6) is 0 Å². The zero-order valence-corrected chi connectivity index (χ0v) is 13.1. The van der Waals surface area contributed by atoms with Gasteiger partial charge in [-0.1, -0.05) is 44.6 Å². The van der Waals surface area contributed by atoms with Gasteiger partial charge in [-0.15, -0.1) is 9.39 Å². The summed E-state index contributed by atoms with van der Waals surface area (Å²) in [6.45, 7) is 9.19. The molecule has 0 aliphatic rings. The van der Waals surface area contributed by atoms with Gasteiger partial charge in [-0.25, -0.2) is 0 Å². The minimum absolute atomic E-state index is 0.167. The fraction of sp³-hybridized carbons (Fsp3) is 0.400. The van der Waals surface area contributed by atoms with Gasteiger partial charge in [0, 0.05) is 4.90 Å². The van der Waals surface area contributed by atoms with Gasteiger partial charge in [-0.3, -0.25) is 5.14 Å². The lowest BCUT2D eigenvalue weighted by Crippen LogP contribution is -1.92. The van der Waals surface area contributed by atoms with Crippen LogP contribution in [0, 0.1) is 0 Å². The zero-order valence-electron chi connectivity index (χ0n) is 12.3. The topological polar surface area (TPSA) is 43.1 Å². The van der Waals surface area contributed by atoms with Crippen LogP contribution in [-0.2, 0) is 11.2 Å². The smallest absolute Gasteiger partial charge is 0.126 e. The molecule has 3 heteroatoms. The largest absolute Gasteiger partial charge is 0.300 e. The molecule has 0 radical (unpaired) electrons. The van der Waals surface area contributed by atoms with Gasteiger partial charge in [-0.05, 0) is 38.0 Å². The first-order chi connectivity index (χ1) is 8.27. The SMILES string of the molecule is C=S(=C)(N)c1ccc(CC)cc1.CC.CC(C)=O. The van der Waals surface area contributed by atoms with Crippen LogP contribution in [0.25, 0.3) is 0 Å². The van der Waals surface area contributed by atoms with E-state index in [1.54, 1.807) is 0 Å². The van der Waals surface area contributed by atoms with E-state index in [0.717, 1.165) is 11.3 Å². The Morgan fingerprint density at radius 2 is 1.50 bits per heavy atom. The van der Waals surface area contributed by atoms with Gasteiger partial charge in [0.05, 0.1) is 0 Å². The molecule has 18 heavy (non-hydrogen) atoms. The first-order valence-corrected chi connectivity index (χ1v) is 8.14. The fourth-order valence-corrected chi connectivity index (χ4v) is 1.67. The van der Waals surface area contributed by atoms with Crippen LogP contribution in [0.1, 0.15) is 40.2 Å². The molecule has 2 nitrogen and oxygen atoms in total. The van der Waals surface area contributed by atoms with Crippen LogP contribution < -0.4 is 5.14 Å². The molecule has 2 N–H and O–H groups in total. The summed E-state index contributed by atoms with van der Waals surface area (Å²) in [6, 6.07) is 8.21. The lowest BCUT2D eigenvalue weighted by molar-refractivity contribution is -0.114. The fourth-order valence-electron chi connectivity index (χ4n) is 0.996. The summed E-state index contributed by atoms with van der Waals surface area (Å²) in [5.41, 5.74) is 1.32. The Bertz CT molecular complexity index is 426. The highest BCUT2D eigenvalue weighted by Crippen LogP contribution is 2.23. The first-order valence-electron chi connectivity index (χ1n) is 6.10. The van der Waals surface area contributed by atoms with Gasteiger partial charge < -0.3 is 4.79 Å².